The Balaban J connectivity index is 1.77. The van der Waals surface area contributed by atoms with Crippen LogP contribution in [0.5, 0.6) is 0 Å². The highest BCUT2D eigenvalue weighted by Gasteiger charge is 2.42. The van der Waals surface area contributed by atoms with Crippen molar-refractivity contribution in [2.75, 3.05) is 6.61 Å². The number of nitrogens with zero attached hydrogens (tertiary/aromatic N) is 2. The fourth-order valence-corrected chi connectivity index (χ4v) is 4.80. The zero-order valence-corrected chi connectivity index (χ0v) is 16.7. The van der Waals surface area contributed by atoms with Gasteiger partial charge >= 0.3 is 5.97 Å². The van der Waals surface area contributed by atoms with Gasteiger partial charge in [-0.25, -0.2) is 4.98 Å². The van der Waals surface area contributed by atoms with Gasteiger partial charge in [-0.15, -0.1) is 11.3 Å². The molecule has 0 atom stereocenters. The van der Waals surface area contributed by atoms with Crippen molar-refractivity contribution in [2.45, 2.75) is 45.4 Å². The number of fused-ring (bicyclic) bond motifs is 1. The summed E-state index contributed by atoms with van der Waals surface area (Å²) in [7, 11) is 0. The van der Waals surface area contributed by atoms with E-state index in [2.05, 4.69) is 4.98 Å². The van der Waals surface area contributed by atoms with E-state index in [9.17, 15) is 9.59 Å². The van der Waals surface area contributed by atoms with Crippen molar-refractivity contribution in [3.8, 4) is 6.07 Å². The maximum absolute atomic E-state index is 13.0. The lowest BCUT2D eigenvalue weighted by Crippen LogP contribution is -2.38. The summed E-state index contributed by atoms with van der Waals surface area (Å²) >= 11 is 1.59. The summed E-state index contributed by atoms with van der Waals surface area (Å²) in [6.07, 6.45) is 4.91. The van der Waals surface area contributed by atoms with Gasteiger partial charge in [0.1, 0.15) is 11.6 Å². The van der Waals surface area contributed by atoms with Crippen LogP contribution in [0.15, 0.2) is 35.5 Å². The van der Waals surface area contributed by atoms with E-state index in [0.29, 0.717) is 19.3 Å². The van der Waals surface area contributed by atoms with Crippen LogP contribution in [0.25, 0.3) is 10.2 Å². The van der Waals surface area contributed by atoms with E-state index >= 15 is 0 Å². The van der Waals surface area contributed by atoms with Crippen molar-refractivity contribution < 1.29 is 14.3 Å². The highest BCUT2D eigenvalue weighted by Crippen LogP contribution is 2.41. The fraction of sp³-hybridized carbons (Fsp3) is 0.429. The highest BCUT2D eigenvalue weighted by molar-refractivity contribution is 7.18. The van der Waals surface area contributed by atoms with Crippen molar-refractivity contribution in [3.63, 3.8) is 0 Å². The first kappa shape index (κ1) is 20.0. The fourth-order valence-electron chi connectivity index (χ4n) is 3.69. The number of carbonyl (C=O) groups is 2. The third-order valence-corrected chi connectivity index (χ3v) is 6.23. The van der Waals surface area contributed by atoms with Crippen molar-refractivity contribution in [3.05, 3.63) is 40.5 Å². The Morgan fingerprint density at radius 2 is 2.00 bits per heavy atom. The molecule has 146 valence electrons. The second-order valence-electron chi connectivity index (χ2n) is 7.26. The molecular formula is C21H23N3O3S. The van der Waals surface area contributed by atoms with Crippen LogP contribution >= 0.6 is 11.3 Å². The summed E-state index contributed by atoms with van der Waals surface area (Å²) < 4.78 is 6.47. The molecular weight excluding hydrogens is 374 g/mol. The molecule has 2 aromatic rings. The first-order valence-corrected chi connectivity index (χ1v) is 10.2. The number of nitrogens with two attached hydrogens (primary N) is 1. The molecule has 1 heterocycles. The Kier molecular flexibility index (Phi) is 6.10. The molecule has 3 rings (SSSR count). The van der Waals surface area contributed by atoms with Gasteiger partial charge in [-0.1, -0.05) is 31.4 Å². The van der Waals surface area contributed by atoms with Gasteiger partial charge < -0.3 is 10.5 Å². The molecule has 0 bridgehead atoms. The van der Waals surface area contributed by atoms with Gasteiger partial charge in [0.15, 0.2) is 6.61 Å². The quantitative estimate of drug-likeness (QED) is 0.453. The van der Waals surface area contributed by atoms with Gasteiger partial charge in [0, 0.05) is 12.1 Å². The summed E-state index contributed by atoms with van der Waals surface area (Å²) in [5.41, 5.74) is 5.79. The number of carbonyl (C=O) groups excluding carboxylic acids is 2. The normalized spacial score (nSPS) is 16.9. The van der Waals surface area contributed by atoms with Crippen molar-refractivity contribution in [1.29, 1.82) is 5.26 Å². The SMILES string of the molecule is C/C(N)=C(\C#N)C(=O)COC(=O)C1(Cc2nc3ccccc3s2)CCCCC1. The minimum atomic E-state index is -0.666. The molecule has 1 aliphatic rings. The standard InChI is InChI=1S/C21H23N3O3S/c1-14(23)15(12-22)17(25)13-27-20(26)21(9-5-2-6-10-21)11-19-24-16-7-3-4-8-18(16)28-19/h3-4,7-8H,2,5-6,9-11,13,23H2,1H3/b15-14-. The molecule has 1 saturated carbocycles. The number of hydrogen-bond acceptors (Lipinski definition) is 7. The summed E-state index contributed by atoms with van der Waals surface area (Å²) in [4.78, 5) is 29.8. The van der Waals surface area contributed by atoms with Crippen LogP contribution in [-0.4, -0.2) is 23.3 Å². The molecule has 1 aromatic carbocycles. The third-order valence-electron chi connectivity index (χ3n) is 5.19. The average molecular weight is 398 g/mol. The molecule has 2 N–H and O–H groups in total. The van der Waals surface area contributed by atoms with E-state index < -0.39 is 17.8 Å². The summed E-state index contributed by atoms with van der Waals surface area (Å²) in [5, 5.41) is 9.94. The van der Waals surface area contributed by atoms with Gasteiger partial charge in [-0.05, 0) is 31.9 Å². The zero-order valence-electron chi connectivity index (χ0n) is 15.9. The maximum Gasteiger partial charge on any atom is 0.312 e. The number of benzene rings is 1. The number of thiazole rings is 1. The number of aromatic nitrogens is 1. The van der Waals surface area contributed by atoms with Crippen molar-refractivity contribution in [2.24, 2.45) is 11.1 Å². The van der Waals surface area contributed by atoms with Crippen LogP contribution in [0, 0.1) is 16.7 Å². The van der Waals surface area contributed by atoms with Crippen LogP contribution < -0.4 is 5.73 Å². The molecule has 1 aliphatic carbocycles. The minimum Gasteiger partial charge on any atom is -0.457 e. The Morgan fingerprint density at radius 3 is 2.64 bits per heavy atom. The van der Waals surface area contributed by atoms with Gasteiger partial charge in [-0.3, -0.25) is 9.59 Å². The molecule has 0 saturated heterocycles. The number of rotatable bonds is 6. The van der Waals surface area contributed by atoms with Crippen LogP contribution in [0.2, 0.25) is 0 Å². The smallest absolute Gasteiger partial charge is 0.312 e. The topological polar surface area (TPSA) is 106 Å². The van der Waals surface area contributed by atoms with E-state index in [4.69, 9.17) is 15.7 Å². The molecule has 28 heavy (non-hydrogen) atoms. The molecule has 0 spiro atoms. The van der Waals surface area contributed by atoms with Gasteiger partial charge in [-0.2, -0.15) is 5.26 Å². The molecule has 7 heteroatoms. The van der Waals surface area contributed by atoms with Crippen molar-refractivity contribution in [1.82, 2.24) is 4.98 Å². The molecule has 6 nitrogen and oxygen atoms in total. The Labute approximate surface area is 168 Å². The van der Waals surface area contributed by atoms with E-state index in [1.807, 2.05) is 24.3 Å². The van der Waals surface area contributed by atoms with E-state index in [-0.39, 0.29) is 17.2 Å². The molecule has 1 aromatic heterocycles. The lowest BCUT2D eigenvalue weighted by atomic mass is 9.72. The van der Waals surface area contributed by atoms with Gasteiger partial charge in [0.2, 0.25) is 5.78 Å². The van der Waals surface area contributed by atoms with E-state index in [1.165, 1.54) is 6.92 Å². The number of para-hydroxylation sites is 1. The lowest BCUT2D eigenvalue weighted by Gasteiger charge is -2.34. The number of allylic oxidation sites excluding steroid dienone is 1. The van der Waals surface area contributed by atoms with Gasteiger partial charge in [0.05, 0.1) is 20.6 Å². The second kappa shape index (κ2) is 8.53. The van der Waals surface area contributed by atoms with Crippen LogP contribution in [0.3, 0.4) is 0 Å². The number of esters is 1. The maximum atomic E-state index is 13.0. The number of ketones is 1. The largest absolute Gasteiger partial charge is 0.457 e. The lowest BCUT2D eigenvalue weighted by molar-refractivity contribution is -0.160. The molecule has 1 fully saturated rings. The highest BCUT2D eigenvalue weighted by atomic mass is 32.1. The number of hydrogen-bond donors (Lipinski definition) is 1. The molecule has 0 aliphatic heterocycles. The van der Waals surface area contributed by atoms with Crippen LogP contribution in [-0.2, 0) is 20.7 Å². The molecule has 0 radical (unpaired) electrons. The summed E-state index contributed by atoms with van der Waals surface area (Å²) in [5.74, 6) is -0.950. The predicted molar refractivity (Wildman–Crippen MR) is 107 cm³/mol. The average Bonchev–Trinajstić information content (AvgIpc) is 3.09. The monoisotopic (exact) mass is 397 g/mol. The van der Waals surface area contributed by atoms with Crippen LogP contribution in [0.1, 0.15) is 44.0 Å². The Hall–Kier alpha value is -2.72. The number of ether oxygens (including phenoxy) is 1. The first-order chi connectivity index (χ1) is 13.4. The minimum absolute atomic E-state index is 0.130. The second-order valence-corrected chi connectivity index (χ2v) is 8.38. The summed E-state index contributed by atoms with van der Waals surface area (Å²) in [6.45, 7) is 1.02. The molecule has 0 amide bonds. The third kappa shape index (κ3) is 4.23. The first-order valence-electron chi connectivity index (χ1n) is 9.36. The zero-order chi connectivity index (χ0) is 20.1. The molecule has 0 unspecified atom stereocenters. The number of nitriles is 1. The summed E-state index contributed by atoms with van der Waals surface area (Å²) in [6, 6.07) is 9.68. The predicted octanol–water partition coefficient (Wildman–Crippen LogP) is 3.66. The van der Waals surface area contributed by atoms with E-state index in [1.54, 1.807) is 17.4 Å². The van der Waals surface area contributed by atoms with Crippen LogP contribution in [0.4, 0.5) is 0 Å². The van der Waals surface area contributed by atoms with Gasteiger partial charge in [0.25, 0.3) is 0 Å². The number of Topliss-reactive ketones (excluding diaryl/α,β-unsaturated/α-hetero) is 1. The Morgan fingerprint density at radius 1 is 1.29 bits per heavy atom. The van der Waals surface area contributed by atoms with E-state index in [0.717, 1.165) is 34.5 Å². The Bertz CT molecular complexity index is 928. The van der Waals surface area contributed by atoms with Crippen molar-refractivity contribution >= 4 is 33.3 Å².